The van der Waals surface area contributed by atoms with Crippen molar-refractivity contribution in [3.63, 3.8) is 0 Å². The van der Waals surface area contributed by atoms with E-state index in [-0.39, 0.29) is 4.47 Å². The van der Waals surface area contributed by atoms with Gasteiger partial charge in [0.05, 0.1) is 5.56 Å². The molecule has 0 saturated heterocycles. The second-order valence-electron chi connectivity index (χ2n) is 2.52. The van der Waals surface area contributed by atoms with Gasteiger partial charge in [-0.25, -0.2) is 0 Å². The van der Waals surface area contributed by atoms with Crippen LogP contribution in [0.15, 0.2) is 22.7 Å². The zero-order valence-corrected chi connectivity index (χ0v) is 8.57. The van der Waals surface area contributed by atoms with Gasteiger partial charge >= 0.3 is 12.8 Å². The molecule has 1 rings (SSSR count). The third-order valence-corrected chi connectivity index (χ3v) is 1.96. The molecule has 0 N–H and O–H groups in total. The summed E-state index contributed by atoms with van der Waals surface area (Å²) >= 11 is 2.86. The molecule has 0 atom stereocenters. The van der Waals surface area contributed by atoms with Gasteiger partial charge in [-0.15, -0.1) is 0 Å². The molecule has 15 heavy (non-hydrogen) atoms. The molecule has 0 aliphatic carbocycles. The Bertz CT molecular complexity index is 349. The van der Waals surface area contributed by atoms with Crippen LogP contribution in [0.4, 0.5) is 22.0 Å². The van der Waals surface area contributed by atoms with E-state index in [9.17, 15) is 22.0 Å². The van der Waals surface area contributed by atoms with Gasteiger partial charge in [-0.05, 0) is 18.2 Å². The van der Waals surface area contributed by atoms with E-state index in [0.717, 1.165) is 12.1 Å². The highest BCUT2D eigenvalue weighted by molar-refractivity contribution is 9.10. The van der Waals surface area contributed by atoms with Crippen LogP contribution in [0.2, 0.25) is 0 Å². The fraction of sp³-hybridized carbons (Fsp3) is 0.250. The fourth-order valence-corrected chi connectivity index (χ4v) is 1.26. The summed E-state index contributed by atoms with van der Waals surface area (Å²) in [5, 5.41) is 0. The van der Waals surface area contributed by atoms with Crippen molar-refractivity contribution in [1.82, 2.24) is 0 Å². The van der Waals surface area contributed by atoms with E-state index < -0.39 is 24.1 Å². The molecule has 0 bridgehead atoms. The van der Waals surface area contributed by atoms with E-state index in [4.69, 9.17) is 0 Å². The molecule has 7 heteroatoms. The zero-order chi connectivity index (χ0) is 11.6. The minimum Gasteiger partial charge on any atom is -0.434 e. The van der Waals surface area contributed by atoms with Crippen molar-refractivity contribution in [1.29, 1.82) is 0 Å². The van der Waals surface area contributed by atoms with Crippen molar-refractivity contribution in [2.75, 3.05) is 0 Å². The summed E-state index contributed by atoms with van der Waals surface area (Å²) in [4.78, 5) is 0. The van der Waals surface area contributed by atoms with Gasteiger partial charge in [0.15, 0.2) is 0 Å². The lowest BCUT2D eigenvalue weighted by Gasteiger charge is -2.13. The molecule has 0 spiro atoms. The summed E-state index contributed by atoms with van der Waals surface area (Å²) < 4.78 is 64.5. The first-order chi connectivity index (χ1) is 6.80. The van der Waals surface area contributed by atoms with Gasteiger partial charge in [0, 0.05) is 4.47 Å². The molecule has 0 aromatic heterocycles. The maximum Gasteiger partial charge on any atom is 0.419 e. The molecular formula is C8H4BrF5O. The molecule has 0 aliphatic heterocycles. The van der Waals surface area contributed by atoms with Crippen LogP contribution < -0.4 is 4.74 Å². The molecule has 1 nitrogen and oxygen atoms in total. The van der Waals surface area contributed by atoms with Gasteiger partial charge in [0.25, 0.3) is 0 Å². The SMILES string of the molecule is FC(F)Oc1cc(Br)ccc1C(F)(F)F. The summed E-state index contributed by atoms with van der Waals surface area (Å²) in [5.41, 5.74) is -1.23. The maximum absolute atomic E-state index is 12.3. The zero-order valence-electron chi connectivity index (χ0n) is 6.99. The summed E-state index contributed by atoms with van der Waals surface area (Å²) in [5.74, 6) is -0.896. The average molecular weight is 291 g/mol. The highest BCUT2D eigenvalue weighted by Crippen LogP contribution is 2.38. The van der Waals surface area contributed by atoms with Gasteiger partial charge in [-0.2, -0.15) is 22.0 Å². The average Bonchev–Trinajstić information content (AvgIpc) is 1.99. The number of ether oxygens (including phenoxy) is 1. The summed E-state index contributed by atoms with van der Waals surface area (Å²) in [7, 11) is 0. The molecule has 1 aromatic rings. The van der Waals surface area contributed by atoms with Crippen LogP contribution in [0.3, 0.4) is 0 Å². The summed E-state index contributed by atoms with van der Waals surface area (Å²) in [6.07, 6.45) is -4.72. The van der Waals surface area contributed by atoms with Crippen molar-refractivity contribution in [3.05, 3.63) is 28.2 Å². The fourth-order valence-electron chi connectivity index (χ4n) is 0.924. The number of hydrogen-bond donors (Lipinski definition) is 0. The van der Waals surface area contributed by atoms with Gasteiger partial charge in [-0.1, -0.05) is 15.9 Å². The van der Waals surface area contributed by atoms with E-state index >= 15 is 0 Å². The molecule has 0 saturated carbocycles. The lowest BCUT2D eigenvalue weighted by molar-refractivity contribution is -0.141. The van der Waals surface area contributed by atoms with Crippen molar-refractivity contribution in [3.8, 4) is 5.75 Å². The Balaban J connectivity index is 3.15. The maximum atomic E-state index is 12.3. The van der Waals surface area contributed by atoms with Crippen molar-refractivity contribution >= 4 is 15.9 Å². The number of halogens is 6. The van der Waals surface area contributed by atoms with E-state index in [0.29, 0.717) is 6.07 Å². The number of alkyl halides is 5. The minimum absolute atomic E-state index is 0.228. The van der Waals surface area contributed by atoms with Gasteiger partial charge in [-0.3, -0.25) is 0 Å². The van der Waals surface area contributed by atoms with Gasteiger partial charge in [0.1, 0.15) is 5.75 Å². The summed E-state index contributed by atoms with van der Waals surface area (Å²) in [6.45, 7) is -3.29. The Morgan fingerprint density at radius 1 is 1.20 bits per heavy atom. The van der Waals surface area contributed by atoms with Crippen LogP contribution in [0.5, 0.6) is 5.75 Å². The number of hydrogen-bond acceptors (Lipinski definition) is 1. The predicted octanol–water partition coefficient (Wildman–Crippen LogP) is 4.07. The lowest BCUT2D eigenvalue weighted by atomic mass is 10.2. The van der Waals surface area contributed by atoms with Crippen LogP contribution in [0, 0.1) is 0 Å². The van der Waals surface area contributed by atoms with E-state index in [1.54, 1.807) is 0 Å². The Labute approximate surface area is 90.0 Å². The Morgan fingerprint density at radius 3 is 2.27 bits per heavy atom. The molecule has 0 amide bonds. The Kier molecular flexibility index (Phi) is 3.54. The van der Waals surface area contributed by atoms with Crippen LogP contribution in [-0.4, -0.2) is 6.61 Å². The topological polar surface area (TPSA) is 9.23 Å². The van der Waals surface area contributed by atoms with Gasteiger partial charge < -0.3 is 4.74 Å². The van der Waals surface area contributed by atoms with Crippen LogP contribution in [0.1, 0.15) is 5.56 Å². The molecule has 0 radical (unpaired) electrons. The second-order valence-corrected chi connectivity index (χ2v) is 3.43. The van der Waals surface area contributed by atoms with E-state index in [2.05, 4.69) is 20.7 Å². The number of benzene rings is 1. The normalized spacial score (nSPS) is 11.9. The first-order valence-corrected chi connectivity index (χ1v) is 4.41. The molecule has 0 heterocycles. The Morgan fingerprint density at radius 2 is 1.80 bits per heavy atom. The Hall–Kier alpha value is -0.850. The van der Waals surface area contributed by atoms with Crippen molar-refractivity contribution in [2.45, 2.75) is 12.8 Å². The van der Waals surface area contributed by atoms with E-state index in [1.807, 2.05) is 0 Å². The predicted molar refractivity (Wildman–Crippen MR) is 45.8 cm³/mol. The molecule has 84 valence electrons. The largest absolute Gasteiger partial charge is 0.434 e. The van der Waals surface area contributed by atoms with E-state index in [1.165, 1.54) is 0 Å². The minimum atomic E-state index is -4.72. The third-order valence-electron chi connectivity index (χ3n) is 1.47. The first kappa shape index (κ1) is 12.2. The van der Waals surface area contributed by atoms with Crippen molar-refractivity contribution in [2.24, 2.45) is 0 Å². The van der Waals surface area contributed by atoms with Crippen LogP contribution in [-0.2, 0) is 6.18 Å². The van der Waals surface area contributed by atoms with Crippen LogP contribution >= 0.6 is 15.9 Å². The molecule has 0 unspecified atom stereocenters. The van der Waals surface area contributed by atoms with Crippen molar-refractivity contribution < 1.29 is 26.7 Å². The molecule has 0 aliphatic rings. The lowest BCUT2D eigenvalue weighted by Crippen LogP contribution is -2.11. The second kappa shape index (κ2) is 4.34. The quantitative estimate of drug-likeness (QED) is 0.746. The van der Waals surface area contributed by atoms with Crippen LogP contribution in [0.25, 0.3) is 0 Å². The smallest absolute Gasteiger partial charge is 0.419 e. The first-order valence-electron chi connectivity index (χ1n) is 3.62. The highest BCUT2D eigenvalue weighted by atomic mass is 79.9. The highest BCUT2D eigenvalue weighted by Gasteiger charge is 2.35. The number of rotatable bonds is 2. The standard InChI is InChI=1S/C8H4BrF5O/c9-4-1-2-5(8(12,13)14)6(3-4)15-7(10)11/h1-3,7H. The van der Waals surface area contributed by atoms with Gasteiger partial charge in [0.2, 0.25) is 0 Å². The molecule has 1 aromatic carbocycles. The molecule has 0 fully saturated rings. The third kappa shape index (κ3) is 3.33. The monoisotopic (exact) mass is 290 g/mol. The summed E-state index contributed by atoms with van der Waals surface area (Å²) in [6, 6.07) is 2.61. The molecular weight excluding hydrogens is 287 g/mol.